The second-order valence-corrected chi connectivity index (χ2v) is 5.73. The van der Waals surface area contributed by atoms with Gasteiger partial charge in [-0.05, 0) is 36.8 Å². The molecule has 0 N–H and O–H groups in total. The maximum atomic E-state index is 12.5. The smallest absolute Gasteiger partial charge is 0.253 e. The lowest BCUT2D eigenvalue weighted by Crippen LogP contribution is -2.27. The molecular formula is C20H25NO2. The van der Waals surface area contributed by atoms with E-state index in [1.54, 1.807) is 11.0 Å². The highest BCUT2D eigenvalue weighted by Crippen LogP contribution is 2.22. The molecule has 1 amide bonds. The molecule has 0 atom stereocenters. The predicted molar refractivity (Wildman–Crippen MR) is 94.1 cm³/mol. The van der Waals surface area contributed by atoms with Crippen molar-refractivity contribution in [3.63, 3.8) is 0 Å². The minimum absolute atomic E-state index is 0.0417. The molecule has 0 unspecified atom stereocenters. The summed E-state index contributed by atoms with van der Waals surface area (Å²) in [6, 6.07) is 17.0. The number of carbonyl (C=O) groups excluding carboxylic acids is 1. The van der Waals surface area contributed by atoms with E-state index in [-0.39, 0.29) is 5.91 Å². The number of ether oxygens (including phenoxy) is 1. The van der Waals surface area contributed by atoms with Gasteiger partial charge in [0.2, 0.25) is 0 Å². The molecule has 0 spiro atoms. The number of carbonyl (C=O) groups is 1. The minimum atomic E-state index is 0.0417. The fourth-order valence-corrected chi connectivity index (χ4v) is 2.41. The fourth-order valence-electron chi connectivity index (χ4n) is 2.41. The fraction of sp³-hybridized carbons (Fsp3) is 0.350. The summed E-state index contributed by atoms with van der Waals surface area (Å²) in [5.74, 6) is 1.49. The molecular weight excluding hydrogens is 286 g/mol. The molecule has 0 saturated heterocycles. The summed E-state index contributed by atoms with van der Waals surface area (Å²) in [7, 11) is 1.86. The quantitative estimate of drug-likeness (QED) is 0.632. The molecule has 2 aromatic rings. The number of para-hydroxylation sites is 1. The topological polar surface area (TPSA) is 29.5 Å². The lowest BCUT2D eigenvalue weighted by atomic mass is 10.1. The van der Waals surface area contributed by atoms with E-state index in [0.29, 0.717) is 11.3 Å². The molecule has 0 saturated carbocycles. The van der Waals surface area contributed by atoms with Crippen LogP contribution in [0.4, 0.5) is 0 Å². The van der Waals surface area contributed by atoms with Gasteiger partial charge >= 0.3 is 0 Å². The molecule has 122 valence electrons. The van der Waals surface area contributed by atoms with Crippen LogP contribution in [0, 0.1) is 0 Å². The Balaban J connectivity index is 1.97. The van der Waals surface area contributed by atoms with Crippen molar-refractivity contribution in [2.75, 3.05) is 13.6 Å². The Morgan fingerprint density at radius 1 is 0.957 bits per heavy atom. The van der Waals surface area contributed by atoms with Crippen molar-refractivity contribution in [3.05, 3.63) is 60.2 Å². The lowest BCUT2D eigenvalue weighted by Gasteiger charge is -2.17. The lowest BCUT2D eigenvalue weighted by molar-refractivity contribution is 0.0792. The summed E-state index contributed by atoms with van der Waals surface area (Å²) in [5, 5.41) is 0. The van der Waals surface area contributed by atoms with Gasteiger partial charge in [0, 0.05) is 19.2 Å². The Kier molecular flexibility index (Phi) is 6.67. The Hall–Kier alpha value is -2.29. The number of benzene rings is 2. The van der Waals surface area contributed by atoms with Crippen molar-refractivity contribution in [2.45, 2.75) is 32.6 Å². The third-order valence-electron chi connectivity index (χ3n) is 3.75. The van der Waals surface area contributed by atoms with E-state index in [4.69, 9.17) is 4.74 Å². The summed E-state index contributed by atoms with van der Waals surface area (Å²) in [4.78, 5) is 14.3. The van der Waals surface area contributed by atoms with Gasteiger partial charge in [0.05, 0.1) is 0 Å². The normalized spacial score (nSPS) is 10.3. The first-order valence-electron chi connectivity index (χ1n) is 8.29. The molecule has 0 radical (unpaired) electrons. The number of hydrogen-bond acceptors (Lipinski definition) is 2. The van der Waals surface area contributed by atoms with Gasteiger partial charge in [-0.25, -0.2) is 0 Å². The maximum absolute atomic E-state index is 12.5. The first-order chi connectivity index (χ1) is 11.2. The second-order valence-electron chi connectivity index (χ2n) is 5.73. The Labute approximate surface area is 138 Å². The molecule has 0 aliphatic carbocycles. The van der Waals surface area contributed by atoms with Gasteiger partial charge in [0.25, 0.3) is 5.91 Å². The van der Waals surface area contributed by atoms with E-state index in [9.17, 15) is 4.79 Å². The van der Waals surface area contributed by atoms with Crippen LogP contribution in [0.5, 0.6) is 11.5 Å². The number of amides is 1. The van der Waals surface area contributed by atoms with Crippen LogP contribution in [-0.2, 0) is 0 Å². The van der Waals surface area contributed by atoms with Gasteiger partial charge in [-0.15, -0.1) is 0 Å². The van der Waals surface area contributed by atoms with E-state index >= 15 is 0 Å². The van der Waals surface area contributed by atoms with E-state index in [0.717, 1.165) is 18.7 Å². The summed E-state index contributed by atoms with van der Waals surface area (Å²) >= 11 is 0. The average molecular weight is 311 g/mol. The van der Waals surface area contributed by atoms with Crippen LogP contribution in [0.3, 0.4) is 0 Å². The summed E-state index contributed by atoms with van der Waals surface area (Å²) in [5.41, 5.74) is 0.663. The highest BCUT2D eigenvalue weighted by molar-refractivity contribution is 5.94. The van der Waals surface area contributed by atoms with E-state index in [1.807, 2.05) is 55.6 Å². The van der Waals surface area contributed by atoms with Crippen LogP contribution in [0.2, 0.25) is 0 Å². The zero-order chi connectivity index (χ0) is 16.5. The summed E-state index contributed by atoms with van der Waals surface area (Å²) in [6.07, 6.45) is 4.65. The largest absolute Gasteiger partial charge is 0.457 e. The van der Waals surface area contributed by atoms with Crippen LogP contribution in [0.25, 0.3) is 0 Å². The first-order valence-corrected chi connectivity index (χ1v) is 8.29. The average Bonchev–Trinajstić information content (AvgIpc) is 2.59. The number of unbranched alkanes of at least 4 members (excludes halogenated alkanes) is 3. The van der Waals surface area contributed by atoms with Crippen LogP contribution in [-0.4, -0.2) is 24.4 Å². The zero-order valence-electron chi connectivity index (χ0n) is 14.0. The molecule has 2 aromatic carbocycles. The van der Waals surface area contributed by atoms with E-state index in [2.05, 4.69) is 6.92 Å². The molecule has 0 aromatic heterocycles. The van der Waals surface area contributed by atoms with E-state index in [1.165, 1.54) is 19.3 Å². The van der Waals surface area contributed by atoms with Gasteiger partial charge in [-0.1, -0.05) is 50.5 Å². The number of rotatable bonds is 8. The molecule has 0 bridgehead atoms. The van der Waals surface area contributed by atoms with Gasteiger partial charge in [-0.2, -0.15) is 0 Å². The second kappa shape index (κ2) is 8.99. The van der Waals surface area contributed by atoms with Gasteiger partial charge in [0.15, 0.2) is 0 Å². The standard InChI is InChI=1S/C20H25NO2/c1-3-4-5-9-15-21(2)20(22)17-11-10-14-19(16-17)23-18-12-7-6-8-13-18/h6-8,10-14,16H,3-5,9,15H2,1-2H3. The number of hydrogen-bond donors (Lipinski definition) is 0. The molecule has 3 nitrogen and oxygen atoms in total. The Morgan fingerprint density at radius 2 is 1.70 bits per heavy atom. The third-order valence-corrected chi connectivity index (χ3v) is 3.75. The Bertz CT molecular complexity index is 610. The zero-order valence-corrected chi connectivity index (χ0v) is 14.0. The van der Waals surface area contributed by atoms with Crippen molar-refractivity contribution in [1.29, 1.82) is 0 Å². The van der Waals surface area contributed by atoms with Crippen molar-refractivity contribution >= 4 is 5.91 Å². The van der Waals surface area contributed by atoms with Gasteiger partial charge in [-0.3, -0.25) is 4.79 Å². The van der Waals surface area contributed by atoms with Crippen LogP contribution in [0.15, 0.2) is 54.6 Å². The molecule has 0 fully saturated rings. The van der Waals surface area contributed by atoms with Crippen LogP contribution < -0.4 is 4.74 Å². The highest BCUT2D eigenvalue weighted by Gasteiger charge is 2.12. The Morgan fingerprint density at radius 3 is 2.43 bits per heavy atom. The first kappa shape index (κ1) is 17.1. The van der Waals surface area contributed by atoms with Gasteiger partial charge in [0.1, 0.15) is 11.5 Å². The van der Waals surface area contributed by atoms with Gasteiger partial charge < -0.3 is 9.64 Å². The molecule has 0 heterocycles. The molecule has 2 rings (SSSR count). The molecule has 23 heavy (non-hydrogen) atoms. The summed E-state index contributed by atoms with van der Waals surface area (Å²) in [6.45, 7) is 2.98. The minimum Gasteiger partial charge on any atom is -0.457 e. The summed E-state index contributed by atoms with van der Waals surface area (Å²) < 4.78 is 5.79. The van der Waals surface area contributed by atoms with E-state index < -0.39 is 0 Å². The monoisotopic (exact) mass is 311 g/mol. The van der Waals surface area contributed by atoms with Crippen molar-refractivity contribution < 1.29 is 9.53 Å². The van der Waals surface area contributed by atoms with Crippen molar-refractivity contribution in [1.82, 2.24) is 4.90 Å². The van der Waals surface area contributed by atoms with Crippen molar-refractivity contribution in [3.8, 4) is 11.5 Å². The highest BCUT2D eigenvalue weighted by atomic mass is 16.5. The van der Waals surface area contributed by atoms with Crippen molar-refractivity contribution in [2.24, 2.45) is 0 Å². The number of nitrogens with zero attached hydrogens (tertiary/aromatic N) is 1. The van der Waals surface area contributed by atoms with Crippen LogP contribution in [0.1, 0.15) is 43.0 Å². The molecule has 3 heteroatoms. The third kappa shape index (κ3) is 5.44. The maximum Gasteiger partial charge on any atom is 0.253 e. The van der Waals surface area contributed by atoms with Crippen LogP contribution >= 0.6 is 0 Å². The molecule has 0 aliphatic rings. The predicted octanol–water partition coefficient (Wildman–Crippen LogP) is 5.13. The molecule has 0 aliphatic heterocycles. The SMILES string of the molecule is CCCCCCN(C)C(=O)c1cccc(Oc2ccccc2)c1.